The second-order valence-electron chi connectivity index (χ2n) is 4.91. The minimum atomic E-state index is -0.215. The molecule has 4 heteroatoms. The lowest BCUT2D eigenvalue weighted by Gasteiger charge is -2.23. The monoisotopic (exact) mass is 300 g/mol. The molecule has 94 valence electrons. The van der Waals surface area contributed by atoms with Crippen molar-refractivity contribution in [1.82, 2.24) is 5.43 Å². The van der Waals surface area contributed by atoms with Crippen molar-refractivity contribution in [2.24, 2.45) is 17.7 Å². The lowest BCUT2D eigenvalue weighted by Crippen LogP contribution is -2.42. The van der Waals surface area contributed by atoms with E-state index in [0.717, 1.165) is 22.4 Å². The summed E-state index contributed by atoms with van der Waals surface area (Å²) < 4.78 is 13.8. The maximum absolute atomic E-state index is 13.0. The summed E-state index contributed by atoms with van der Waals surface area (Å²) in [5.74, 6) is 6.78. The van der Waals surface area contributed by atoms with Gasteiger partial charge in [-0.15, -0.1) is 0 Å². The predicted molar refractivity (Wildman–Crippen MR) is 70.8 cm³/mol. The SMILES string of the molecule is CC(C1CC1)C(Cc1ccc(F)cc1Br)NN. The Labute approximate surface area is 110 Å². The Morgan fingerprint density at radius 1 is 1.53 bits per heavy atom. The molecular formula is C13H18BrFN2. The zero-order chi connectivity index (χ0) is 12.4. The van der Waals surface area contributed by atoms with Gasteiger partial charge in [-0.3, -0.25) is 11.3 Å². The lowest BCUT2D eigenvalue weighted by molar-refractivity contribution is 0.343. The van der Waals surface area contributed by atoms with Gasteiger partial charge in [0.25, 0.3) is 0 Å². The molecule has 0 heterocycles. The Morgan fingerprint density at radius 3 is 2.76 bits per heavy atom. The molecule has 0 spiro atoms. The molecule has 2 rings (SSSR count). The Hall–Kier alpha value is -0.450. The van der Waals surface area contributed by atoms with E-state index in [1.807, 2.05) is 6.07 Å². The molecule has 0 aliphatic heterocycles. The third-order valence-electron chi connectivity index (χ3n) is 3.67. The first kappa shape index (κ1) is 13.0. The minimum absolute atomic E-state index is 0.215. The molecule has 2 atom stereocenters. The van der Waals surface area contributed by atoms with Crippen LogP contribution in [0.5, 0.6) is 0 Å². The van der Waals surface area contributed by atoms with Gasteiger partial charge in [0.2, 0.25) is 0 Å². The fourth-order valence-corrected chi connectivity index (χ4v) is 2.78. The molecule has 2 unspecified atom stereocenters. The zero-order valence-electron chi connectivity index (χ0n) is 9.92. The maximum Gasteiger partial charge on any atom is 0.124 e. The highest BCUT2D eigenvalue weighted by Gasteiger charge is 2.33. The molecule has 3 N–H and O–H groups in total. The molecule has 17 heavy (non-hydrogen) atoms. The van der Waals surface area contributed by atoms with E-state index in [0.29, 0.717) is 5.92 Å². The van der Waals surface area contributed by atoms with Crippen LogP contribution in [0.15, 0.2) is 22.7 Å². The van der Waals surface area contributed by atoms with Crippen molar-refractivity contribution in [2.45, 2.75) is 32.2 Å². The molecule has 0 amide bonds. The Balaban J connectivity index is 2.06. The van der Waals surface area contributed by atoms with E-state index in [-0.39, 0.29) is 11.9 Å². The van der Waals surface area contributed by atoms with E-state index in [2.05, 4.69) is 28.3 Å². The molecule has 0 saturated heterocycles. The van der Waals surface area contributed by atoms with Gasteiger partial charge in [0.15, 0.2) is 0 Å². The molecule has 1 aromatic rings. The normalized spacial score (nSPS) is 19.1. The van der Waals surface area contributed by atoms with E-state index in [1.54, 1.807) is 0 Å². The maximum atomic E-state index is 13.0. The van der Waals surface area contributed by atoms with Gasteiger partial charge in [0, 0.05) is 10.5 Å². The van der Waals surface area contributed by atoms with Crippen LogP contribution in [-0.2, 0) is 6.42 Å². The van der Waals surface area contributed by atoms with Crippen molar-refractivity contribution >= 4 is 15.9 Å². The van der Waals surface area contributed by atoms with Gasteiger partial charge in [-0.1, -0.05) is 28.9 Å². The summed E-state index contributed by atoms with van der Waals surface area (Å²) in [6.07, 6.45) is 3.45. The molecule has 1 aliphatic rings. The molecule has 1 fully saturated rings. The number of halogens is 2. The zero-order valence-corrected chi connectivity index (χ0v) is 11.5. The topological polar surface area (TPSA) is 38.0 Å². The van der Waals surface area contributed by atoms with Gasteiger partial charge in [-0.2, -0.15) is 0 Å². The van der Waals surface area contributed by atoms with Gasteiger partial charge in [-0.05, 0) is 48.8 Å². The molecule has 1 aliphatic carbocycles. The summed E-state index contributed by atoms with van der Waals surface area (Å²) >= 11 is 3.40. The number of rotatable bonds is 5. The van der Waals surface area contributed by atoms with Gasteiger partial charge in [0.1, 0.15) is 5.82 Å². The van der Waals surface area contributed by atoms with Gasteiger partial charge >= 0.3 is 0 Å². The number of benzene rings is 1. The molecule has 0 bridgehead atoms. The van der Waals surface area contributed by atoms with Gasteiger partial charge in [-0.25, -0.2) is 4.39 Å². The van der Waals surface area contributed by atoms with Gasteiger partial charge in [0.05, 0.1) is 0 Å². The summed E-state index contributed by atoms with van der Waals surface area (Å²) in [5.41, 5.74) is 4.00. The fourth-order valence-electron chi connectivity index (χ4n) is 2.27. The van der Waals surface area contributed by atoms with E-state index in [4.69, 9.17) is 5.84 Å². The summed E-state index contributed by atoms with van der Waals surface area (Å²) in [5, 5.41) is 0. The third kappa shape index (κ3) is 3.27. The first-order valence-electron chi connectivity index (χ1n) is 6.02. The quantitative estimate of drug-likeness (QED) is 0.648. The third-order valence-corrected chi connectivity index (χ3v) is 4.41. The highest BCUT2D eigenvalue weighted by Crippen LogP contribution is 2.39. The minimum Gasteiger partial charge on any atom is -0.271 e. The van der Waals surface area contributed by atoms with Crippen LogP contribution in [0.3, 0.4) is 0 Å². The Morgan fingerprint density at radius 2 is 2.24 bits per heavy atom. The summed E-state index contributed by atoms with van der Waals surface area (Å²) in [6.45, 7) is 2.24. The number of nitrogens with one attached hydrogen (secondary N) is 1. The average Bonchev–Trinajstić information content (AvgIpc) is 3.11. The number of hydrogen-bond acceptors (Lipinski definition) is 2. The van der Waals surface area contributed by atoms with Crippen molar-refractivity contribution in [3.63, 3.8) is 0 Å². The summed E-state index contributed by atoms with van der Waals surface area (Å²) in [4.78, 5) is 0. The highest BCUT2D eigenvalue weighted by molar-refractivity contribution is 9.10. The Bertz CT molecular complexity index is 393. The highest BCUT2D eigenvalue weighted by atomic mass is 79.9. The standard InChI is InChI=1S/C13H18BrFN2/c1-8(9-2-3-9)13(17-16)6-10-4-5-11(15)7-12(10)14/h4-5,7-9,13,17H,2-3,6,16H2,1H3. The van der Waals surface area contributed by atoms with Crippen molar-refractivity contribution in [1.29, 1.82) is 0 Å². The van der Waals surface area contributed by atoms with Crippen LogP contribution in [0.1, 0.15) is 25.3 Å². The van der Waals surface area contributed by atoms with E-state index in [9.17, 15) is 4.39 Å². The summed E-state index contributed by atoms with van der Waals surface area (Å²) in [6, 6.07) is 5.08. The predicted octanol–water partition coefficient (Wildman–Crippen LogP) is 3.01. The number of hydrogen-bond donors (Lipinski definition) is 2. The van der Waals surface area contributed by atoms with Crippen LogP contribution in [0.4, 0.5) is 4.39 Å². The molecule has 0 radical (unpaired) electrons. The van der Waals surface area contributed by atoms with Crippen LogP contribution in [0.2, 0.25) is 0 Å². The average molecular weight is 301 g/mol. The van der Waals surface area contributed by atoms with E-state index >= 15 is 0 Å². The lowest BCUT2D eigenvalue weighted by atomic mass is 9.92. The smallest absolute Gasteiger partial charge is 0.124 e. The van der Waals surface area contributed by atoms with Crippen LogP contribution in [0.25, 0.3) is 0 Å². The van der Waals surface area contributed by atoms with Crippen LogP contribution >= 0.6 is 15.9 Å². The van der Waals surface area contributed by atoms with Crippen LogP contribution < -0.4 is 11.3 Å². The largest absolute Gasteiger partial charge is 0.271 e. The van der Waals surface area contributed by atoms with Crippen molar-refractivity contribution in [3.8, 4) is 0 Å². The van der Waals surface area contributed by atoms with Crippen molar-refractivity contribution in [3.05, 3.63) is 34.1 Å². The second kappa shape index (κ2) is 5.46. The molecular weight excluding hydrogens is 283 g/mol. The van der Waals surface area contributed by atoms with Crippen LogP contribution in [-0.4, -0.2) is 6.04 Å². The summed E-state index contributed by atoms with van der Waals surface area (Å²) in [7, 11) is 0. The van der Waals surface area contributed by atoms with E-state index in [1.165, 1.54) is 25.0 Å². The first-order chi connectivity index (χ1) is 8.11. The number of nitrogens with two attached hydrogens (primary N) is 1. The van der Waals surface area contributed by atoms with Crippen molar-refractivity contribution in [2.75, 3.05) is 0 Å². The van der Waals surface area contributed by atoms with Crippen LogP contribution in [0, 0.1) is 17.7 Å². The molecule has 0 aromatic heterocycles. The van der Waals surface area contributed by atoms with Crippen molar-refractivity contribution < 1.29 is 4.39 Å². The first-order valence-corrected chi connectivity index (χ1v) is 6.81. The number of hydrazine groups is 1. The molecule has 2 nitrogen and oxygen atoms in total. The van der Waals surface area contributed by atoms with E-state index < -0.39 is 0 Å². The molecule has 1 saturated carbocycles. The van der Waals surface area contributed by atoms with Gasteiger partial charge < -0.3 is 0 Å². The fraction of sp³-hybridized carbons (Fsp3) is 0.538. The molecule has 1 aromatic carbocycles. The second-order valence-corrected chi connectivity index (χ2v) is 5.76. The Kier molecular flexibility index (Phi) is 4.17.